The maximum atomic E-state index is 7.14. The maximum absolute atomic E-state index is 7.14. The Kier molecular flexibility index (Phi) is 19.1. The lowest BCUT2D eigenvalue weighted by Crippen LogP contribution is -2.22. The molecule has 0 unspecified atom stereocenters. The van der Waals surface area contributed by atoms with Gasteiger partial charge in [-0.1, -0.05) is 211 Å². The summed E-state index contributed by atoms with van der Waals surface area (Å²) < 4.78 is 28.5. The summed E-state index contributed by atoms with van der Waals surface area (Å²) in [4.78, 5) is 0. The van der Waals surface area contributed by atoms with Crippen LogP contribution in [0, 0.1) is 0 Å². The maximum Gasteiger partial charge on any atom is 0.126 e. The topological polar surface area (TPSA) is 36.9 Å². The van der Waals surface area contributed by atoms with Crippen LogP contribution in [0.3, 0.4) is 0 Å². The smallest absolute Gasteiger partial charge is 0.126 e. The molecule has 9 rings (SSSR count). The number of unbranched alkanes of at least 4 members (excludes halogenated alkanes) is 4. The summed E-state index contributed by atoms with van der Waals surface area (Å²) in [6, 6.07) is 68.0. The van der Waals surface area contributed by atoms with Crippen LogP contribution in [0.4, 0.5) is 0 Å². The molecule has 0 atom stereocenters. The molecule has 0 amide bonds. The number of benzene rings is 8. The summed E-state index contributed by atoms with van der Waals surface area (Å²) in [5.74, 6) is 3.92. The van der Waals surface area contributed by atoms with E-state index in [1.807, 2.05) is 0 Å². The number of ether oxygens (including phenoxy) is 4. The lowest BCUT2D eigenvalue weighted by molar-refractivity contribution is 0.297. The molecule has 8 aromatic rings. The minimum Gasteiger partial charge on any atom is -0.493 e. The van der Waals surface area contributed by atoms with E-state index in [-0.39, 0.29) is 0 Å². The van der Waals surface area contributed by atoms with E-state index in [0.29, 0.717) is 52.1 Å². The minimum atomic E-state index is -0.919. The van der Waals surface area contributed by atoms with Crippen LogP contribution in [0.2, 0.25) is 0 Å². The fraction of sp³-hybridized carbons (Fsp3) is 0.294. The van der Waals surface area contributed by atoms with Gasteiger partial charge in [-0.25, -0.2) is 0 Å². The molecule has 0 N–H and O–H groups in total. The lowest BCUT2D eigenvalue weighted by atomic mass is 9.91. The van der Waals surface area contributed by atoms with E-state index >= 15 is 0 Å². The first-order valence-corrected chi connectivity index (χ1v) is 30.1. The van der Waals surface area contributed by atoms with Crippen molar-refractivity contribution in [1.29, 1.82) is 0 Å². The summed E-state index contributed by atoms with van der Waals surface area (Å²) in [6.07, 6.45) is 10.7. The average molecular weight is 1020 g/mol. The number of rotatable bonds is 22. The molecule has 0 heterocycles. The molecule has 74 heavy (non-hydrogen) atoms. The Morgan fingerprint density at radius 3 is 0.730 bits per heavy atom. The van der Waals surface area contributed by atoms with E-state index in [2.05, 4.69) is 210 Å². The minimum absolute atomic E-state index is 0.646. The summed E-state index contributed by atoms with van der Waals surface area (Å²) >= 11 is 0. The zero-order chi connectivity index (χ0) is 50.9. The van der Waals surface area contributed by atoms with Gasteiger partial charge in [0.15, 0.2) is 0 Å². The molecule has 380 valence electrons. The van der Waals surface area contributed by atoms with E-state index < -0.39 is 15.8 Å². The van der Waals surface area contributed by atoms with Crippen LogP contribution in [0.15, 0.2) is 182 Å². The van der Waals surface area contributed by atoms with Gasteiger partial charge in [0.25, 0.3) is 0 Å². The number of hydrogen-bond acceptors (Lipinski definition) is 4. The van der Waals surface area contributed by atoms with Crippen LogP contribution in [-0.2, 0) is 25.7 Å². The summed E-state index contributed by atoms with van der Waals surface area (Å²) in [6.45, 7) is 11.6. The predicted octanol–water partition coefficient (Wildman–Crippen LogP) is 14.6. The van der Waals surface area contributed by atoms with Crippen molar-refractivity contribution in [2.75, 3.05) is 26.4 Å². The van der Waals surface area contributed by atoms with E-state index in [1.54, 1.807) is 0 Å². The first kappa shape index (κ1) is 52.7. The third-order valence-electron chi connectivity index (χ3n) is 13.9. The van der Waals surface area contributed by atoms with Crippen LogP contribution in [0.1, 0.15) is 124 Å². The van der Waals surface area contributed by atoms with Gasteiger partial charge < -0.3 is 18.9 Å². The van der Waals surface area contributed by atoms with E-state index in [4.69, 9.17) is 18.9 Å². The standard InChI is InChI=1S/C68H74O4P2/c1-5-9-39-69-65-51-27-25-28-52(65)44-56-48-64(74(61-35-21-15-22-36-61)62-37-23-16-24-38-62)50-58(68(56)72-42-12-8-4)46-54-30-26-29-53(66(54)70-40-10-6-2)45-57-49-63(47-55(43-51)67(57)71-41-11-7-3)73(59-31-17-13-18-32-59)60-33-19-14-20-34-60/h13-38,47-50H,5-12,39-46H2,1-4H3. The summed E-state index contributed by atoms with van der Waals surface area (Å²) in [7, 11) is -1.84. The van der Waals surface area contributed by atoms with Crippen LogP contribution in [-0.4, -0.2) is 26.4 Å². The van der Waals surface area contributed by atoms with Gasteiger partial charge in [-0.3, -0.25) is 0 Å². The van der Waals surface area contributed by atoms with Crippen LogP contribution in [0.5, 0.6) is 23.0 Å². The van der Waals surface area contributed by atoms with Crippen molar-refractivity contribution >= 4 is 47.7 Å². The highest BCUT2D eigenvalue weighted by molar-refractivity contribution is 7.80. The molecule has 0 saturated heterocycles. The molecule has 0 saturated carbocycles. The highest BCUT2D eigenvalue weighted by atomic mass is 31.1. The number of fused-ring (bicyclic) bond motifs is 8. The molecule has 0 radical (unpaired) electrons. The van der Waals surface area contributed by atoms with Gasteiger partial charge in [0.1, 0.15) is 23.0 Å². The second kappa shape index (κ2) is 26.9. The molecule has 6 heteroatoms. The van der Waals surface area contributed by atoms with E-state index in [9.17, 15) is 0 Å². The molecule has 0 fully saturated rings. The van der Waals surface area contributed by atoms with Crippen molar-refractivity contribution in [3.63, 3.8) is 0 Å². The molecular weight excluding hydrogens is 943 g/mol. The van der Waals surface area contributed by atoms with Crippen molar-refractivity contribution in [2.45, 2.75) is 105 Å². The number of para-hydroxylation sites is 2. The van der Waals surface area contributed by atoms with Crippen molar-refractivity contribution in [2.24, 2.45) is 0 Å². The molecule has 0 spiro atoms. The van der Waals surface area contributed by atoms with E-state index in [1.165, 1.54) is 76.3 Å². The highest BCUT2D eigenvalue weighted by Gasteiger charge is 2.27. The first-order chi connectivity index (χ1) is 36.6. The molecule has 0 aliphatic heterocycles. The zero-order valence-electron chi connectivity index (χ0n) is 44.2. The van der Waals surface area contributed by atoms with Gasteiger partial charge in [0.05, 0.1) is 26.4 Å². The average Bonchev–Trinajstić information content (AvgIpc) is 3.43. The van der Waals surface area contributed by atoms with Gasteiger partial charge in [-0.15, -0.1) is 0 Å². The normalized spacial score (nSPS) is 12.2. The van der Waals surface area contributed by atoms with Gasteiger partial charge in [0, 0.05) is 25.7 Å². The second-order valence-corrected chi connectivity index (χ2v) is 24.0. The quantitative estimate of drug-likeness (QED) is 0.0501. The molecule has 1 aliphatic rings. The van der Waals surface area contributed by atoms with Crippen molar-refractivity contribution in [3.05, 3.63) is 226 Å². The number of hydrogen-bond donors (Lipinski definition) is 0. The Morgan fingerprint density at radius 1 is 0.270 bits per heavy atom. The molecule has 1 aliphatic carbocycles. The lowest BCUT2D eigenvalue weighted by Gasteiger charge is -2.26. The Hall–Kier alpha value is -6.18. The fourth-order valence-corrected chi connectivity index (χ4v) is 14.9. The third kappa shape index (κ3) is 13.0. The van der Waals surface area contributed by atoms with Crippen molar-refractivity contribution in [1.82, 2.24) is 0 Å². The molecular formula is C68H74O4P2. The van der Waals surface area contributed by atoms with Crippen molar-refractivity contribution in [3.8, 4) is 23.0 Å². The summed E-state index contributed by atoms with van der Waals surface area (Å²) in [5, 5.41) is 7.91. The zero-order valence-corrected chi connectivity index (χ0v) is 46.0. The van der Waals surface area contributed by atoms with Gasteiger partial charge in [-0.2, -0.15) is 0 Å². The first-order valence-electron chi connectivity index (χ1n) is 27.4. The Bertz CT molecular complexity index is 2640. The molecule has 4 nitrogen and oxygen atoms in total. The molecule has 8 bridgehead atoms. The SMILES string of the molecule is CCCCOc1c2cccc1Cc1cc(P(c3ccccc3)c3ccccc3)cc(c1OCCCC)Cc1cccc(c1OCCCC)Cc1cc(P(c3ccccc3)c3ccccc3)cc(c1OCCCC)C2. The summed E-state index contributed by atoms with van der Waals surface area (Å²) in [5.41, 5.74) is 9.43. The van der Waals surface area contributed by atoms with E-state index in [0.717, 1.165) is 74.4 Å². The predicted molar refractivity (Wildman–Crippen MR) is 316 cm³/mol. The Morgan fingerprint density at radius 2 is 0.500 bits per heavy atom. The third-order valence-corrected chi connectivity index (χ3v) is 18.7. The van der Waals surface area contributed by atoms with Crippen LogP contribution >= 0.6 is 15.8 Å². The van der Waals surface area contributed by atoms with Gasteiger partial charge in [-0.05, 0) is 142 Å². The fourth-order valence-electron chi connectivity index (χ4n) is 10.1. The Balaban J connectivity index is 1.33. The van der Waals surface area contributed by atoms with Crippen LogP contribution in [0.25, 0.3) is 0 Å². The monoisotopic (exact) mass is 1020 g/mol. The second-order valence-electron chi connectivity index (χ2n) is 19.5. The largest absolute Gasteiger partial charge is 0.493 e. The molecule has 0 aromatic heterocycles. The highest BCUT2D eigenvalue weighted by Crippen LogP contribution is 2.43. The van der Waals surface area contributed by atoms with Gasteiger partial charge in [0.2, 0.25) is 0 Å². The Labute approximate surface area is 445 Å². The van der Waals surface area contributed by atoms with Crippen LogP contribution < -0.4 is 50.8 Å². The van der Waals surface area contributed by atoms with Crippen molar-refractivity contribution < 1.29 is 18.9 Å². The van der Waals surface area contributed by atoms with Gasteiger partial charge >= 0.3 is 0 Å². The molecule has 8 aromatic carbocycles.